The first kappa shape index (κ1) is 13.0. The highest BCUT2D eigenvalue weighted by atomic mass is 32.2. The van der Waals surface area contributed by atoms with Crippen LogP contribution >= 0.6 is 23.3 Å². The zero-order valence-electron chi connectivity index (χ0n) is 9.91. The zero-order chi connectivity index (χ0) is 11.3. The van der Waals surface area contributed by atoms with Crippen molar-refractivity contribution in [2.75, 3.05) is 0 Å². The fraction of sp³-hybridized carbons (Fsp3) is 0.727. The first-order valence-corrected chi connectivity index (χ1v) is 7.10. The Morgan fingerprint density at radius 2 is 2.27 bits per heavy atom. The maximum Gasteiger partial charge on any atom is 0.0795 e. The van der Waals surface area contributed by atoms with Gasteiger partial charge < -0.3 is 0 Å². The van der Waals surface area contributed by atoms with Crippen LogP contribution in [0.15, 0.2) is 10.9 Å². The Bertz CT molecular complexity index is 265. The van der Waals surface area contributed by atoms with Crippen LogP contribution in [0, 0.1) is 0 Å². The predicted octanol–water partition coefficient (Wildman–Crippen LogP) is 4.02. The molecule has 1 atom stereocenters. The summed E-state index contributed by atoms with van der Waals surface area (Å²) in [5.74, 6) is 0. The molecular formula is C11H20N2S2. The van der Waals surface area contributed by atoms with E-state index >= 15 is 0 Å². The third kappa shape index (κ3) is 5.00. The summed E-state index contributed by atoms with van der Waals surface area (Å²) < 4.78 is 3.78. The molecule has 0 bridgehead atoms. The summed E-state index contributed by atoms with van der Waals surface area (Å²) in [4.78, 5) is 4.38. The van der Waals surface area contributed by atoms with Crippen LogP contribution in [0.2, 0.25) is 0 Å². The van der Waals surface area contributed by atoms with Crippen molar-refractivity contribution in [3.63, 3.8) is 0 Å². The molecule has 0 radical (unpaired) electrons. The molecule has 0 amide bonds. The number of aromatic nitrogens is 1. The van der Waals surface area contributed by atoms with E-state index in [0.29, 0.717) is 6.04 Å². The normalized spacial score (nSPS) is 14.1. The van der Waals surface area contributed by atoms with Crippen LogP contribution in [-0.4, -0.2) is 9.73 Å². The molecule has 0 aliphatic heterocycles. The molecule has 1 aromatic heterocycles. The van der Waals surface area contributed by atoms with E-state index in [2.05, 4.69) is 42.8 Å². The van der Waals surface area contributed by atoms with Crippen molar-refractivity contribution >= 4 is 23.3 Å². The Kier molecular flexibility index (Phi) is 5.09. The van der Waals surface area contributed by atoms with Gasteiger partial charge >= 0.3 is 0 Å². The quantitative estimate of drug-likeness (QED) is 0.792. The van der Waals surface area contributed by atoms with Gasteiger partial charge in [-0.15, -0.1) is 11.3 Å². The fourth-order valence-electron chi connectivity index (χ4n) is 1.20. The molecule has 0 aromatic carbocycles. The molecule has 0 fully saturated rings. The number of thiazole rings is 1. The van der Waals surface area contributed by atoms with E-state index in [-0.39, 0.29) is 4.75 Å². The summed E-state index contributed by atoms with van der Waals surface area (Å²) in [5, 5.41) is 2.14. The number of nitrogens with zero attached hydrogens (tertiary/aromatic N) is 1. The van der Waals surface area contributed by atoms with Gasteiger partial charge in [-0.2, -0.15) is 0 Å². The maximum absolute atomic E-state index is 4.38. The van der Waals surface area contributed by atoms with E-state index in [1.165, 1.54) is 12.1 Å². The first-order valence-electron chi connectivity index (χ1n) is 5.34. The molecule has 0 spiro atoms. The fourth-order valence-corrected chi connectivity index (χ4v) is 2.54. The summed E-state index contributed by atoms with van der Waals surface area (Å²) in [7, 11) is 0. The van der Waals surface area contributed by atoms with Crippen molar-refractivity contribution in [3.8, 4) is 0 Å². The zero-order valence-corrected chi connectivity index (χ0v) is 11.5. The lowest BCUT2D eigenvalue weighted by Crippen LogP contribution is -2.21. The number of rotatable bonds is 5. The average Bonchev–Trinajstić information content (AvgIpc) is 2.63. The van der Waals surface area contributed by atoms with E-state index in [9.17, 15) is 0 Å². The molecule has 1 rings (SSSR count). The van der Waals surface area contributed by atoms with Gasteiger partial charge in [-0.05, 0) is 27.2 Å². The first-order chi connectivity index (χ1) is 7.03. The van der Waals surface area contributed by atoms with Crippen LogP contribution in [0.1, 0.15) is 52.3 Å². The van der Waals surface area contributed by atoms with Crippen LogP contribution < -0.4 is 4.72 Å². The van der Waals surface area contributed by atoms with Crippen LogP contribution in [0.4, 0.5) is 0 Å². The van der Waals surface area contributed by atoms with Gasteiger partial charge in [0.1, 0.15) is 0 Å². The van der Waals surface area contributed by atoms with Gasteiger partial charge in [0.05, 0.1) is 17.2 Å². The molecule has 0 aliphatic carbocycles. The highest BCUT2D eigenvalue weighted by Crippen LogP contribution is 2.26. The molecule has 0 saturated carbocycles. The highest BCUT2D eigenvalue weighted by Gasteiger charge is 2.17. The summed E-state index contributed by atoms with van der Waals surface area (Å²) in [6.45, 7) is 8.86. The largest absolute Gasteiger partial charge is 0.255 e. The lowest BCUT2D eigenvalue weighted by atomic mass is 10.1. The second-order valence-corrected chi connectivity index (χ2v) is 6.97. The van der Waals surface area contributed by atoms with Gasteiger partial charge in [-0.25, -0.2) is 4.98 Å². The minimum Gasteiger partial charge on any atom is -0.255 e. The van der Waals surface area contributed by atoms with Crippen molar-refractivity contribution in [1.82, 2.24) is 9.71 Å². The van der Waals surface area contributed by atoms with Gasteiger partial charge in [0, 0.05) is 10.1 Å². The van der Waals surface area contributed by atoms with E-state index in [1.54, 1.807) is 23.3 Å². The van der Waals surface area contributed by atoms with E-state index in [1.807, 2.05) is 5.51 Å². The summed E-state index contributed by atoms with van der Waals surface area (Å²) in [6, 6.07) is 0.394. The van der Waals surface area contributed by atoms with Crippen molar-refractivity contribution in [1.29, 1.82) is 0 Å². The van der Waals surface area contributed by atoms with Crippen LogP contribution in [0.3, 0.4) is 0 Å². The lowest BCUT2D eigenvalue weighted by molar-refractivity contribution is 0.584. The van der Waals surface area contributed by atoms with Crippen LogP contribution in [0.5, 0.6) is 0 Å². The molecule has 1 heterocycles. The molecule has 0 aliphatic rings. The predicted molar refractivity (Wildman–Crippen MR) is 70.2 cm³/mol. The average molecular weight is 244 g/mol. The molecule has 1 unspecified atom stereocenters. The molecular weight excluding hydrogens is 224 g/mol. The molecule has 4 heteroatoms. The van der Waals surface area contributed by atoms with Gasteiger partial charge in [-0.3, -0.25) is 4.72 Å². The second-order valence-electron chi connectivity index (χ2n) is 4.59. The summed E-state index contributed by atoms with van der Waals surface area (Å²) in [6.07, 6.45) is 2.33. The van der Waals surface area contributed by atoms with Crippen molar-refractivity contribution in [3.05, 3.63) is 16.6 Å². The Morgan fingerprint density at radius 1 is 1.53 bits per heavy atom. The van der Waals surface area contributed by atoms with Crippen molar-refractivity contribution in [2.45, 2.75) is 51.3 Å². The topological polar surface area (TPSA) is 24.9 Å². The smallest absolute Gasteiger partial charge is 0.0795 e. The monoisotopic (exact) mass is 244 g/mol. The SMILES string of the molecule is CCCC(NSC(C)(C)C)c1cscn1. The van der Waals surface area contributed by atoms with E-state index in [4.69, 9.17) is 0 Å². The Morgan fingerprint density at radius 3 is 2.73 bits per heavy atom. The number of hydrogen-bond donors (Lipinski definition) is 1. The van der Waals surface area contributed by atoms with Gasteiger partial charge in [0.25, 0.3) is 0 Å². The molecule has 1 aromatic rings. The van der Waals surface area contributed by atoms with Crippen LogP contribution in [-0.2, 0) is 0 Å². The maximum atomic E-state index is 4.38. The Labute approximate surface area is 101 Å². The third-order valence-corrected chi connectivity index (χ3v) is 3.51. The van der Waals surface area contributed by atoms with Crippen LogP contribution in [0.25, 0.3) is 0 Å². The minimum absolute atomic E-state index is 0.252. The highest BCUT2D eigenvalue weighted by molar-refractivity contribution is 7.98. The minimum atomic E-state index is 0.252. The Balaban J connectivity index is 2.52. The lowest BCUT2D eigenvalue weighted by Gasteiger charge is -2.22. The van der Waals surface area contributed by atoms with Gasteiger partial charge in [-0.1, -0.05) is 25.3 Å². The van der Waals surface area contributed by atoms with Crippen molar-refractivity contribution in [2.24, 2.45) is 0 Å². The van der Waals surface area contributed by atoms with E-state index in [0.717, 1.165) is 6.42 Å². The number of nitrogens with one attached hydrogen (secondary N) is 1. The molecule has 0 saturated heterocycles. The number of hydrogen-bond acceptors (Lipinski definition) is 4. The van der Waals surface area contributed by atoms with Gasteiger partial charge in [0.15, 0.2) is 0 Å². The van der Waals surface area contributed by atoms with E-state index < -0.39 is 0 Å². The second kappa shape index (κ2) is 5.87. The molecule has 1 N–H and O–H groups in total. The van der Waals surface area contributed by atoms with Gasteiger partial charge in [0.2, 0.25) is 0 Å². The standard InChI is InChI=1S/C11H20N2S2/c1-5-6-9(10-7-14-8-12-10)13-15-11(2,3)4/h7-9,13H,5-6H2,1-4H3. The van der Waals surface area contributed by atoms with Crippen molar-refractivity contribution < 1.29 is 0 Å². The molecule has 2 nitrogen and oxygen atoms in total. The Hall–Kier alpha value is -0.0600. The summed E-state index contributed by atoms with van der Waals surface area (Å²) >= 11 is 3.46. The molecule has 15 heavy (non-hydrogen) atoms. The summed E-state index contributed by atoms with van der Waals surface area (Å²) in [5.41, 5.74) is 3.08. The molecule has 86 valence electrons. The third-order valence-electron chi connectivity index (χ3n) is 1.89.